The van der Waals surface area contributed by atoms with Crippen molar-refractivity contribution in [2.75, 3.05) is 11.9 Å². The van der Waals surface area contributed by atoms with Gasteiger partial charge in [-0.3, -0.25) is 9.48 Å². The first-order valence-corrected chi connectivity index (χ1v) is 11.6. The van der Waals surface area contributed by atoms with Crippen LogP contribution in [0.3, 0.4) is 0 Å². The third-order valence-electron chi connectivity index (χ3n) is 6.71. The van der Waals surface area contributed by atoms with Crippen molar-refractivity contribution in [1.82, 2.24) is 14.8 Å². The fourth-order valence-electron chi connectivity index (χ4n) is 4.50. The van der Waals surface area contributed by atoms with Crippen LogP contribution < -0.4 is 4.90 Å². The van der Waals surface area contributed by atoms with E-state index < -0.39 is 46.2 Å². The van der Waals surface area contributed by atoms with Crippen LogP contribution in [0.5, 0.6) is 0 Å². The molecule has 0 aliphatic heterocycles. The third kappa shape index (κ3) is 5.07. The monoisotopic (exact) mass is 552 g/mol. The van der Waals surface area contributed by atoms with Crippen LogP contribution in [0.15, 0.2) is 48.8 Å². The average molecular weight is 552 g/mol. The number of rotatable bonds is 4. The van der Waals surface area contributed by atoms with Crippen molar-refractivity contribution < 1.29 is 35.5 Å². The fourth-order valence-corrected chi connectivity index (χ4v) is 4.50. The molecule has 12 heteroatoms. The second-order valence-electron chi connectivity index (χ2n) is 9.77. The zero-order valence-corrected chi connectivity index (χ0v) is 21.5. The molecule has 0 spiro atoms. The Morgan fingerprint density at radius 2 is 1.46 bits per heavy atom. The number of hydrogen-bond donors (Lipinski definition) is 0. The SMILES string of the molecule is Cc1cc(F)ccc1-c1c(N(C)C(=O)C(C)(C)c2cc(C(F)(F)F)cc(C(F)(F)F)c2)cnc2c1cnn2C. The maximum Gasteiger partial charge on any atom is 0.416 e. The van der Waals surface area contributed by atoms with Crippen molar-refractivity contribution in [3.8, 4) is 11.1 Å². The number of aromatic nitrogens is 3. The number of alkyl halides is 6. The lowest BCUT2D eigenvalue weighted by Gasteiger charge is -2.32. The highest BCUT2D eigenvalue weighted by molar-refractivity contribution is 6.08. The van der Waals surface area contributed by atoms with Gasteiger partial charge < -0.3 is 4.90 Å². The zero-order chi connectivity index (χ0) is 29.1. The van der Waals surface area contributed by atoms with Crippen LogP contribution >= 0.6 is 0 Å². The summed E-state index contributed by atoms with van der Waals surface area (Å²) in [5.41, 5.74) is -3.13. The minimum absolute atomic E-state index is 0.0173. The number of anilines is 1. The van der Waals surface area contributed by atoms with E-state index in [1.165, 1.54) is 56.2 Å². The molecule has 0 aliphatic carbocycles. The standard InChI is InChI=1S/C27H23F7N4O/c1-14-8-18(28)6-7-19(14)22-20-12-36-38(5)23(20)35-13-21(22)37(4)24(39)25(2,3)15-9-16(26(29,30)31)11-17(10-15)27(32,33)34/h6-13H,1-5H3. The molecule has 0 atom stereocenters. The van der Waals surface area contributed by atoms with Gasteiger partial charge in [0.25, 0.3) is 0 Å². The summed E-state index contributed by atoms with van der Waals surface area (Å²) in [6, 6.07) is 5.17. The molecule has 4 rings (SSSR count). The van der Waals surface area contributed by atoms with Crippen molar-refractivity contribution >= 4 is 22.6 Å². The Morgan fingerprint density at radius 1 is 0.897 bits per heavy atom. The van der Waals surface area contributed by atoms with E-state index in [-0.39, 0.29) is 11.8 Å². The molecule has 2 aromatic carbocycles. The van der Waals surface area contributed by atoms with Crippen molar-refractivity contribution in [2.24, 2.45) is 7.05 Å². The van der Waals surface area contributed by atoms with Crippen LogP contribution in [0.1, 0.15) is 36.1 Å². The summed E-state index contributed by atoms with van der Waals surface area (Å²) in [4.78, 5) is 19.3. The Labute approximate surface area is 218 Å². The number of halogens is 7. The first-order valence-electron chi connectivity index (χ1n) is 11.6. The minimum atomic E-state index is -5.07. The lowest BCUT2D eigenvalue weighted by atomic mass is 9.81. The van der Waals surface area contributed by atoms with E-state index in [1.807, 2.05) is 0 Å². The number of pyridine rings is 1. The summed E-state index contributed by atoms with van der Waals surface area (Å²) in [5.74, 6) is -1.27. The van der Waals surface area contributed by atoms with Gasteiger partial charge in [0.05, 0.1) is 34.6 Å². The zero-order valence-electron chi connectivity index (χ0n) is 21.5. The summed E-state index contributed by atoms with van der Waals surface area (Å²) in [6.07, 6.45) is -7.26. The van der Waals surface area contributed by atoms with E-state index in [0.29, 0.717) is 39.9 Å². The van der Waals surface area contributed by atoms with Crippen LogP contribution in [0.25, 0.3) is 22.2 Å². The second-order valence-corrected chi connectivity index (χ2v) is 9.77. The van der Waals surface area contributed by atoms with E-state index in [1.54, 1.807) is 14.0 Å². The maximum atomic E-state index is 13.9. The van der Waals surface area contributed by atoms with Gasteiger partial charge in [0.15, 0.2) is 5.65 Å². The van der Waals surface area contributed by atoms with Crippen LogP contribution in [0.4, 0.5) is 36.4 Å². The molecule has 2 aromatic heterocycles. The molecule has 0 bridgehead atoms. The largest absolute Gasteiger partial charge is 0.416 e. The summed E-state index contributed by atoms with van der Waals surface area (Å²) in [5, 5.41) is 4.71. The van der Waals surface area contributed by atoms with Gasteiger partial charge >= 0.3 is 12.4 Å². The highest BCUT2D eigenvalue weighted by Crippen LogP contribution is 2.42. The molecule has 0 saturated carbocycles. The van der Waals surface area contributed by atoms with Crippen molar-refractivity contribution in [3.05, 3.63) is 76.9 Å². The van der Waals surface area contributed by atoms with Crippen LogP contribution in [-0.2, 0) is 29.6 Å². The third-order valence-corrected chi connectivity index (χ3v) is 6.71. The molecule has 0 unspecified atom stereocenters. The quantitative estimate of drug-likeness (QED) is 0.255. The van der Waals surface area contributed by atoms with Gasteiger partial charge in [0.2, 0.25) is 5.91 Å². The normalized spacial score (nSPS) is 12.7. The van der Waals surface area contributed by atoms with Gasteiger partial charge in [-0.15, -0.1) is 0 Å². The molecule has 0 saturated heterocycles. The number of amides is 1. The molecule has 206 valence electrons. The topological polar surface area (TPSA) is 51.0 Å². The van der Waals surface area contributed by atoms with Crippen molar-refractivity contribution in [1.29, 1.82) is 0 Å². The number of aryl methyl sites for hydroxylation is 2. The second kappa shape index (κ2) is 9.35. The Hall–Kier alpha value is -3.96. The molecule has 4 aromatic rings. The molecule has 0 aliphatic rings. The Kier molecular flexibility index (Phi) is 6.73. The van der Waals surface area contributed by atoms with Gasteiger partial charge in [0.1, 0.15) is 5.82 Å². The average Bonchev–Trinajstić information content (AvgIpc) is 3.22. The highest BCUT2D eigenvalue weighted by atomic mass is 19.4. The van der Waals surface area contributed by atoms with Crippen molar-refractivity contribution in [3.63, 3.8) is 0 Å². The first kappa shape index (κ1) is 28.1. The molecule has 0 radical (unpaired) electrons. The van der Waals surface area contributed by atoms with E-state index in [0.717, 1.165) is 4.90 Å². The van der Waals surface area contributed by atoms with E-state index >= 15 is 0 Å². The number of carbonyl (C=O) groups excluding carboxylic acids is 1. The molecular formula is C27H23F7N4O. The lowest BCUT2D eigenvalue weighted by molar-refractivity contribution is -0.143. The van der Waals surface area contributed by atoms with Crippen LogP contribution in [0.2, 0.25) is 0 Å². The first-order chi connectivity index (χ1) is 17.9. The molecule has 1 amide bonds. The highest BCUT2D eigenvalue weighted by Gasteiger charge is 2.41. The van der Waals surface area contributed by atoms with E-state index in [4.69, 9.17) is 0 Å². The van der Waals surface area contributed by atoms with Gasteiger partial charge in [-0.1, -0.05) is 6.07 Å². The van der Waals surface area contributed by atoms with Gasteiger partial charge in [-0.05, 0) is 67.8 Å². The summed E-state index contributed by atoms with van der Waals surface area (Å²) in [7, 11) is 3.00. The van der Waals surface area contributed by atoms with E-state index in [2.05, 4.69) is 10.1 Å². The van der Waals surface area contributed by atoms with Crippen LogP contribution in [0, 0.1) is 12.7 Å². The number of likely N-dealkylation sites (N-methyl/N-ethyl adjacent to an activating group) is 1. The summed E-state index contributed by atoms with van der Waals surface area (Å²) in [6.45, 7) is 4.17. The molecular weight excluding hydrogens is 529 g/mol. The number of hydrogen-bond acceptors (Lipinski definition) is 3. The molecule has 5 nitrogen and oxygen atoms in total. The van der Waals surface area contributed by atoms with Crippen LogP contribution in [-0.4, -0.2) is 27.7 Å². The molecule has 0 fully saturated rings. The maximum absolute atomic E-state index is 13.9. The number of carbonyl (C=O) groups is 1. The Bertz CT molecular complexity index is 1550. The smallest absolute Gasteiger partial charge is 0.313 e. The van der Waals surface area contributed by atoms with Gasteiger partial charge in [0, 0.05) is 25.0 Å². The Morgan fingerprint density at radius 3 is 2.00 bits per heavy atom. The van der Waals surface area contributed by atoms with Gasteiger partial charge in [-0.2, -0.15) is 31.4 Å². The van der Waals surface area contributed by atoms with Gasteiger partial charge in [-0.25, -0.2) is 9.37 Å². The summed E-state index contributed by atoms with van der Waals surface area (Å²) < 4.78 is 96.4. The lowest BCUT2D eigenvalue weighted by Crippen LogP contribution is -2.42. The fraction of sp³-hybridized carbons (Fsp3) is 0.296. The summed E-state index contributed by atoms with van der Waals surface area (Å²) >= 11 is 0. The van der Waals surface area contributed by atoms with E-state index in [9.17, 15) is 35.5 Å². The minimum Gasteiger partial charge on any atom is -0.313 e. The van der Waals surface area contributed by atoms with Crippen molar-refractivity contribution in [2.45, 2.75) is 38.5 Å². The molecule has 2 heterocycles. The molecule has 39 heavy (non-hydrogen) atoms. The number of fused-ring (bicyclic) bond motifs is 1. The number of benzene rings is 2. The molecule has 0 N–H and O–H groups in total. The number of nitrogens with zero attached hydrogens (tertiary/aromatic N) is 4. The predicted octanol–water partition coefficient (Wildman–Crippen LogP) is 7.06. The predicted molar refractivity (Wildman–Crippen MR) is 132 cm³/mol. The Balaban J connectivity index is 1.89.